The molecule has 0 aliphatic rings. The Morgan fingerprint density at radius 2 is 1.90 bits per heavy atom. The number of H-pyrrole nitrogens is 1. The largest absolute Gasteiger partial charge is 0.477 e. The maximum Gasteiger partial charge on any atom is 0.407 e. The van der Waals surface area contributed by atoms with Crippen LogP contribution in [0.4, 0.5) is 4.79 Å². The molecule has 0 unspecified atom stereocenters. The molecule has 0 aliphatic heterocycles. The Hall–Kier alpha value is -3.35. The quantitative estimate of drug-likeness (QED) is 0.432. The number of hydrogen-bond acceptors (Lipinski definition) is 6. The van der Waals surface area contributed by atoms with Crippen LogP contribution in [0.1, 0.15) is 36.7 Å². The number of rotatable bonds is 8. The molecular weight excluding hydrogens is 404 g/mol. The van der Waals surface area contributed by atoms with Crippen LogP contribution in [0.15, 0.2) is 29.2 Å². The summed E-state index contributed by atoms with van der Waals surface area (Å²) in [5.41, 5.74) is -0.297. The highest BCUT2D eigenvalue weighted by atomic mass is 16.6. The summed E-state index contributed by atoms with van der Waals surface area (Å²) >= 11 is 0. The Balaban J connectivity index is 1.70. The fourth-order valence-electron chi connectivity index (χ4n) is 2.48. The minimum Gasteiger partial charge on any atom is -0.477 e. The molecule has 0 bridgehead atoms. The first-order valence-corrected chi connectivity index (χ1v) is 9.67. The molecule has 2 rings (SSSR count). The molecule has 0 saturated carbocycles. The van der Waals surface area contributed by atoms with E-state index >= 15 is 0 Å². The number of carboxylic acids is 1. The first kappa shape index (κ1) is 23.9. The molecule has 2 aromatic rings. The third kappa shape index (κ3) is 8.12. The second-order valence-electron chi connectivity index (χ2n) is 7.49. The standard InChI is InChI=1S/C22H26N2O7/c1-22(2,3)31-21(28)23-8-10-30-12-11-29-9-4-5-15-6-7-18-16(13-15)19(25)17(14-24-18)20(26)27/h6-7,13-14H,8-12H2,1-3H3,(H,23,28)(H,24,25)(H,26,27). The fraction of sp³-hybridized carbons (Fsp3) is 0.409. The van der Waals surface area contributed by atoms with Gasteiger partial charge in [-0.05, 0) is 39.0 Å². The molecule has 1 amide bonds. The van der Waals surface area contributed by atoms with E-state index in [2.05, 4.69) is 22.1 Å². The van der Waals surface area contributed by atoms with E-state index in [-0.39, 0.29) is 17.6 Å². The van der Waals surface area contributed by atoms with Crippen LogP contribution in [0.25, 0.3) is 10.9 Å². The van der Waals surface area contributed by atoms with Gasteiger partial charge in [-0.15, -0.1) is 0 Å². The molecule has 3 N–H and O–H groups in total. The lowest BCUT2D eigenvalue weighted by Crippen LogP contribution is -2.34. The number of carboxylic acid groups (broad SMARTS) is 1. The van der Waals surface area contributed by atoms with Gasteiger partial charge in [0, 0.05) is 29.2 Å². The Morgan fingerprint density at radius 3 is 2.61 bits per heavy atom. The Kier molecular flexibility index (Phi) is 8.61. The van der Waals surface area contributed by atoms with Crippen molar-refractivity contribution < 1.29 is 28.9 Å². The lowest BCUT2D eigenvalue weighted by Gasteiger charge is -2.19. The second kappa shape index (κ2) is 11.2. The molecule has 0 saturated heterocycles. The summed E-state index contributed by atoms with van der Waals surface area (Å²) in [5, 5.41) is 11.9. The number of aromatic carboxylic acids is 1. The van der Waals surface area contributed by atoms with Gasteiger partial charge in [-0.25, -0.2) is 9.59 Å². The van der Waals surface area contributed by atoms with Gasteiger partial charge in [0.15, 0.2) is 0 Å². The van der Waals surface area contributed by atoms with Crippen LogP contribution in [0, 0.1) is 11.8 Å². The number of carbonyl (C=O) groups is 2. The van der Waals surface area contributed by atoms with Gasteiger partial charge in [-0.1, -0.05) is 11.8 Å². The molecule has 9 nitrogen and oxygen atoms in total. The van der Waals surface area contributed by atoms with Crippen LogP contribution in [-0.4, -0.2) is 60.7 Å². The van der Waals surface area contributed by atoms with E-state index < -0.39 is 23.1 Å². The summed E-state index contributed by atoms with van der Waals surface area (Å²) in [4.78, 5) is 37.6. The van der Waals surface area contributed by atoms with E-state index in [9.17, 15) is 14.4 Å². The van der Waals surface area contributed by atoms with Crippen LogP contribution >= 0.6 is 0 Å². The summed E-state index contributed by atoms with van der Waals surface area (Å²) in [7, 11) is 0. The van der Waals surface area contributed by atoms with Crippen LogP contribution in [-0.2, 0) is 14.2 Å². The number of aromatic amines is 1. The summed E-state index contributed by atoms with van der Waals surface area (Å²) in [5.74, 6) is 4.43. The van der Waals surface area contributed by atoms with Crippen LogP contribution in [0.2, 0.25) is 0 Å². The van der Waals surface area contributed by atoms with Crippen molar-refractivity contribution in [3.8, 4) is 11.8 Å². The van der Waals surface area contributed by atoms with E-state index in [1.807, 2.05) is 0 Å². The SMILES string of the molecule is CC(C)(C)OC(=O)NCCOCCOCC#Cc1ccc2[nH]cc(C(=O)O)c(=O)c2c1. The number of alkyl carbamates (subject to hydrolysis) is 1. The van der Waals surface area contributed by atoms with Crippen LogP contribution < -0.4 is 10.7 Å². The van der Waals surface area contributed by atoms with E-state index in [0.717, 1.165) is 0 Å². The third-order valence-electron chi connectivity index (χ3n) is 3.80. The molecule has 31 heavy (non-hydrogen) atoms. The van der Waals surface area contributed by atoms with Gasteiger partial charge in [0.25, 0.3) is 0 Å². The number of aromatic nitrogens is 1. The highest BCUT2D eigenvalue weighted by molar-refractivity contribution is 5.92. The van der Waals surface area contributed by atoms with Gasteiger partial charge in [0.1, 0.15) is 17.8 Å². The van der Waals surface area contributed by atoms with Crippen LogP contribution in [0.3, 0.4) is 0 Å². The van der Waals surface area contributed by atoms with Gasteiger partial charge in [0.2, 0.25) is 5.43 Å². The molecule has 1 aromatic heterocycles. The molecule has 0 spiro atoms. The van der Waals surface area contributed by atoms with Gasteiger partial charge < -0.3 is 29.6 Å². The molecule has 0 aliphatic carbocycles. The predicted molar refractivity (Wildman–Crippen MR) is 114 cm³/mol. The summed E-state index contributed by atoms with van der Waals surface area (Å²) in [6.07, 6.45) is 0.694. The number of ether oxygens (including phenoxy) is 3. The van der Waals surface area contributed by atoms with E-state index in [0.29, 0.717) is 37.4 Å². The van der Waals surface area contributed by atoms with Crippen molar-refractivity contribution in [2.75, 3.05) is 33.0 Å². The number of fused-ring (bicyclic) bond motifs is 1. The van der Waals surface area contributed by atoms with Crippen molar-refractivity contribution in [3.63, 3.8) is 0 Å². The average molecular weight is 430 g/mol. The normalized spacial score (nSPS) is 10.9. The zero-order valence-electron chi connectivity index (χ0n) is 17.7. The number of benzene rings is 1. The number of carbonyl (C=O) groups excluding carboxylic acids is 1. The van der Waals surface area contributed by atoms with Crippen molar-refractivity contribution in [2.24, 2.45) is 0 Å². The molecule has 0 atom stereocenters. The van der Waals surface area contributed by atoms with Crippen LogP contribution in [0.5, 0.6) is 0 Å². The number of pyridine rings is 1. The first-order valence-electron chi connectivity index (χ1n) is 9.67. The van der Waals surface area contributed by atoms with E-state index in [1.54, 1.807) is 39.0 Å². The van der Waals surface area contributed by atoms with Crippen molar-refractivity contribution in [2.45, 2.75) is 26.4 Å². The number of hydrogen-bond donors (Lipinski definition) is 3. The Bertz CT molecular complexity index is 1040. The fourth-order valence-corrected chi connectivity index (χ4v) is 2.48. The Morgan fingerprint density at radius 1 is 1.16 bits per heavy atom. The molecule has 1 aromatic carbocycles. The van der Waals surface area contributed by atoms with Crippen molar-refractivity contribution in [1.29, 1.82) is 0 Å². The molecular formula is C22H26N2O7. The highest BCUT2D eigenvalue weighted by Crippen LogP contribution is 2.10. The number of amides is 1. The van der Waals surface area contributed by atoms with Gasteiger partial charge in [0.05, 0.1) is 19.8 Å². The molecule has 1 heterocycles. The topological polar surface area (TPSA) is 127 Å². The predicted octanol–water partition coefficient (Wildman–Crippen LogP) is 2.14. The zero-order valence-corrected chi connectivity index (χ0v) is 17.7. The van der Waals surface area contributed by atoms with E-state index in [4.69, 9.17) is 19.3 Å². The molecule has 9 heteroatoms. The lowest BCUT2D eigenvalue weighted by molar-refractivity contribution is 0.0443. The maximum atomic E-state index is 12.2. The molecule has 0 radical (unpaired) electrons. The van der Waals surface area contributed by atoms with Gasteiger partial charge in [-0.2, -0.15) is 0 Å². The average Bonchev–Trinajstić information content (AvgIpc) is 2.68. The minimum absolute atomic E-state index is 0.170. The van der Waals surface area contributed by atoms with Crippen molar-refractivity contribution in [3.05, 3.63) is 45.7 Å². The Labute approximate surface area is 179 Å². The monoisotopic (exact) mass is 430 g/mol. The summed E-state index contributed by atoms with van der Waals surface area (Å²) in [6.45, 7) is 6.89. The van der Waals surface area contributed by atoms with Crippen molar-refractivity contribution in [1.82, 2.24) is 10.3 Å². The van der Waals surface area contributed by atoms with E-state index in [1.165, 1.54) is 6.20 Å². The smallest absolute Gasteiger partial charge is 0.407 e. The highest BCUT2D eigenvalue weighted by Gasteiger charge is 2.15. The maximum absolute atomic E-state index is 12.2. The lowest BCUT2D eigenvalue weighted by atomic mass is 10.1. The minimum atomic E-state index is -1.28. The summed E-state index contributed by atoms with van der Waals surface area (Å²) < 4.78 is 15.8. The van der Waals surface area contributed by atoms with Crippen molar-refractivity contribution >= 4 is 23.0 Å². The van der Waals surface area contributed by atoms with Gasteiger partial charge >= 0.3 is 12.1 Å². The molecule has 0 fully saturated rings. The van der Waals surface area contributed by atoms with Gasteiger partial charge in [-0.3, -0.25) is 4.79 Å². The summed E-state index contributed by atoms with van der Waals surface area (Å²) in [6, 6.07) is 4.95. The molecule has 166 valence electrons. The second-order valence-corrected chi connectivity index (χ2v) is 7.49. The zero-order chi connectivity index (χ0) is 22.9. The number of nitrogens with one attached hydrogen (secondary N) is 2. The first-order chi connectivity index (χ1) is 14.7. The third-order valence-corrected chi connectivity index (χ3v) is 3.80.